The maximum absolute atomic E-state index is 13.7. The molecule has 2 aromatic carbocycles. The van der Waals surface area contributed by atoms with Crippen molar-refractivity contribution in [3.05, 3.63) is 58.9 Å². The fraction of sp³-hybridized carbons (Fsp3) is 0.250. The summed E-state index contributed by atoms with van der Waals surface area (Å²) in [5.74, 6) is 0.581. The smallest absolute Gasteiger partial charge is 0.165 e. The molecule has 0 unspecified atom stereocenters. The van der Waals surface area contributed by atoms with Gasteiger partial charge in [0, 0.05) is 0 Å². The minimum absolute atomic E-state index is 0.257. The second kappa shape index (κ2) is 5.85. The van der Waals surface area contributed by atoms with E-state index in [1.54, 1.807) is 12.1 Å². The zero-order valence-electron chi connectivity index (χ0n) is 11.2. The summed E-state index contributed by atoms with van der Waals surface area (Å²) in [6, 6.07) is 10.7. The SMILES string of the molecule is Cc1ccc(F)c(Oc2cc(CCN)ccc2C)c1. The van der Waals surface area contributed by atoms with Crippen LogP contribution in [0.25, 0.3) is 0 Å². The fourth-order valence-electron chi connectivity index (χ4n) is 1.88. The van der Waals surface area contributed by atoms with Gasteiger partial charge in [0.2, 0.25) is 0 Å². The quantitative estimate of drug-likeness (QED) is 0.907. The van der Waals surface area contributed by atoms with Gasteiger partial charge in [-0.25, -0.2) is 4.39 Å². The van der Waals surface area contributed by atoms with Gasteiger partial charge in [0.05, 0.1) is 0 Å². The van der Waals surface area contributed by atoms with E-state index in [4.69, 9.17) is 10.5 Å². The van der Waals surface area contributed by atoms with E-state index < -0.39 is 0 Å². The Morgan fingerprint density at radius 2 is 1.84 bits per heavy atom. The van der Waals surface area contributed by atoms with Crippen molar-refractivity contribution in [1.29, 1.82) is 0 Å². The Morgan fingerprint density at radius 1 is 1.05 bits per heavy atom. The highest BCUT2D eigenvalue weighted by Gasteiger charge is 2.08. The number of benzene rings is 2. The van der Waals surface area contributed by atoms with Gasteiger partial charge in [-0.15, -0.1) is 0 Å². The van der Waals surface area contributed by atoms with Gasteiger partial charge in [0.25, 0.3) is 0 Å². The molecule has 2 nitrogen and oxygen atoms in total. The van der Waals surface area contributed by atoms with Crippen molar-refractivity contribution in [2.75, 3.05) is 6.54 Å². The highest BCUT2D eigenvalue weighted by molar-refractivity contribution is 5.41. The summed E-state index contributed by atoms with van der Waals surface area (Å²) in [5.41, 5.74) is 8.58. The molecule has 0 amide bonds. The lowest BCUT2D eigenvalue weighted by Gasteiger charge is -2.11. The molecule has 2 rings (SSSR count). The topological polar surface area (TPSA) is 35.2 Å². The molecule has 0 radical (unpaired) electrons. The molecule has 0 spiro atoms. The zero-order chi connectivity index (χ0) is 13.8. The fourth-order valence-corrected chi connectivity index (χ4v) is 1.88. The van der Waals surface area contributed by atoms with Crippen molar-refractivity contribution in [1.82, 2.24) is 0 Å². The number of hydrogen-bond donors (Lipinski definition) is 1. The highest BCUT2D eigenvalue weighted by atomic mass is 19.1. The maximum Gasteiger partial charge on any atom is 0.165 e. The minimum Gasteiger partial charge on any atom is -0.454 e. The third kappa shape index (κ3) is 3.32. The van der Waals surface area contributed by atoms with Crippen molar-refractivity contribution >= 4 is 0 Å². The first kappa shape index (κ1) is 13.6. The zero-order valence-corrected chi connectivity index (χ0v) is 11.2. The summed E-state index contributed by atoms with van der Waals surface area (Å²) in [5, 5.41) is 0. The highest BCUT2D eigenvalue weighted by Crippen LogP contribution is 2.28. The maximum atomic E-state index is 13.7. The molecule has 0 aliphatic rings. The lowest BCUT2D eigenvalue weighted by atomic mass is 10.1. The van der Waals surface area contributed by atoms with Gasteiger partial charge in [-0.3, -0.25) is 0 Å². The molecule has 0 heterocycles. The van der Waals surface area contributed by atoms with Crippen molar-refractivity contribution in [2.45, 2.75) is 20.3 Å². The van der Waals surface area contributed by atoms with Crippen molar-refractivity contribution in [3.63, 3.8) is 0 Å². The van der Waals surface area contributed by atoms with Gasteiger partial charge < -0.3 is 10.5 Å². The molecule has 100 valence electrons. The third-order valence-corrected chi connectivity index (χ3v) is 2.99. The Bertz CT molecular complexity index is 581. The van der Waals surface area contributed by atoms with Gasteiger partial charge in [0.1, 0.15) is 5.75 Å². The van der Waals surface area contributed by atoms with Crippen LogP contribution in [0.4, 0.5) is 4.39 Å². The van der Waals surface area contributed by atoms with E-state index in [9.17, 15) is 4.39 Å². The molecule has 0 bridgehead atoms. The van der Waals surface area contributed by atoms with E-state index in [1.807, 2.05) is 32.0 Å². The predicted octanol–water partition coefficient (Wildman–Crippen LogP) is 3.74. The molecule has 3 heteroatoms. The van der Waals surface area contributed by atoms with Gasteiger partial charge >= 0.3 is 0 Å². The molecule has 0 fully saturated rings. The van der Waals surface area contributed by atoms with Crippen LogP contribution in [0.1, 0.15) is 16.7 Å². The molecule has 2 N–H and O–H groups in total. The number of nitrogens with two attached hydrogens (primary N) is 1. The average molecular weight is 259 g/mol. The molecule has 0 aliphatic carbocycles. The molecular formula is C16H18FNO. The van der Waals surface area contributed by atoms with E-state index in [0.717, 1.165) is 23.1 Å². The molecule has 0 saturated carbocycles. The first-order chi connectivity index (χ1) is 9.10. The Balaban J connectivity index is 2.31. The number of halogens is 1. The lowest BCUT2D eigenvalue weighted by molar-refractivity contribution is 0.438. The van der Waals surface area contributed by atoms with Gasteiger partial charge in [-0.1, -0.05) is 18.2 Å². The van der Waals surface area contributed by atoms with E-state index in [1.165, 1.54) is 6.07 Å². The van der Waals surface area contributed by atoms with E-state index in [2.05, 4.69) is 0 Å². The number of aryl methyl sites for hydroxylation is 2. The predicted molar refractivity (Wildman–Crippen MR) is 75.1 cm³/mol. The van der Waals surface area contributed by atoms with Crippen LogP contribution in [0.2, 0.25) is 0 Å². The van der Waals surface area contributed by atoms with Gasteiger partial charge in [-0.2, -0.15) is 0 Å². The molecule has 2 aromatic rings. The van der Waals surface area contributed by atoms with Crippen LogP contribution < -0.4 is 10.5 Å². The van der Waals surface area contributed by atoms with E-state index in [-0.39, 0.29) is 11.6 Å². The summed E-state index contributed by atoms with van der Waals surface area (Å²) < 4.78 is 19.4. The third-order valence-electron chi connectivity index (χ3n) is 2.99. The Hall–Kier alpha value is -1.87. The van der Waals surface area contributed by atoms with Crippen LogP contribution in [0, 0.1) is 19.7 Å². The summed E-state index contributed by atoms with van der Waals surface area (Å²) in [4.78, 5) is 0. The van der Waals surface area contributed by atoms with E-state index >= 15 is 0 Å². The number of rotatable bonds is 4. The van der Waals surface area contributed by atoms with Crippen LogP contribution >= 0.6 is 0 Å². The Labute approximate surface area is 113 Å². The summed E-state index contributed by atoms with van der Waals surface area (Å²) in [6.45, 7) is 4.43. The molecule has 0 saturated heterocycles. The standard InChI is InChI=1S/C16H18FNO/c1-11-3-6-14(17)16(9-11)19-15-10-13(7-8-18)5-4-12(15)2/h3-6,9-10H,7-8,18H2,1-2H3. The lowest BCUT2D eigenvalue weighted by Crippen LogP contribution is -2.03. The van der Waals surface area contributed by atoms with Crippen molar-refractivity contribution in [3.8, 4) is 11.5 Å². The monoisotopic (exact) mass is 259 g/mol. The first-order valence-corrected chi connectivity index (χ1v) is 6.34. The van der Waals surface area contributed by atoms with Crippen LogP contribution in [-0.4, -0.2) is 6.54 Å². The number of hydrogen-bond acceptors (Lipinski definition) is 2. The second-order valence-electron chi connectivity index (χ2n) is 4.67. The van der Waals surface area contributed by atoms with Crippen molar-refractivity contribution in [2.24, 2.45) is 5.73 Å². The first-order valence-electron chi connectivity index (χ1n) is 6.34. The number of ether oxygens (including phenoxy) is 1. The second-order valence-corrected chi connectivity index (χ2v) is 4.67. The summed E-state index contributed by atoms with van der Waals surface area (Å²) >= 11 is 0. The largest absolute Gasteiger partial charge is 0.454 e. The Morgan fingerprint density at radius 3 is 2.58 bits per heavy atom. The average Bonchev–Trinajstić information content (AvgIpc) is 2.38. The Kier molecular flexibility index (Phi) is 4.17. The molecule has 0 atom stereocenters. The molecule has 0 aliphatic heterocycles. The van der Waals surface area contributed by atoms with Crippen LogP contribution in [0.3, 0.4) is 0 Å². The van der Waals surface area contributed by atoms with Crippen LogP contribution in [-0.2, 0) is 6.42 Å². The molecular weight excluding hydrogens is 241 g/mol. The van der Waals surface area contributed by atoms with Crippen LogP contribution in [0.15, 0.2) is 36.4 Å². The van der Waals surface area contributed by atoms with Crippen LogP contribution in [0.5, 0.6) is 11.5 Å². The van der Waals surface area contributed by atoms with Gasteiger partial charge in [0.15, 0.2) is 11.6 Å². The minimum atomic E-state index is -0.353. The molecule has 19 heavy (non-hydrogen) atoms. The van der Waals surface area contributed by atoms with Gasteiger partial charge in [-0.05, 0) is 61.7 Å². The van der Waals surface area contributed by atoms with E-state index in [0.29, 0.717) is 12.3 Å². The summed E-state index contributed by atoms with van der Waals surface area (Å²) in [7, 11) is 0. The summed E-state index contributed by atoms with van der Waals surface area (Å²) in [6.07, 6.45) is 0.785. The van der Waals surface area contributed by atoms with Crippen molar-refractivity contribution < 1.29 is 9.13 Å². The normalized spacial score (nSPS) is 10.5. The molecule has 0 aromatic heterocycles.